The average molecular weight is 221 g/mol. The lowest BCUT2D eigenvalue weighted by Crippen LogP contribution is -2.40. The van der Waals surface area contributed by atoms with Crippen LogP contribution < -0.4 is 0 Å². The second-order valence-corrected chi connectivity index (χ2v) is 3.47. The maximum atomic E-state index is 10.9. The van der Waals surface area contributed by atoms with Crippen LogP contribution in [0, 0.1) is 0 Å². The Balaban J connectivity index is 3.20. The molecule has 2 atom stereocenters. The molecule has 0 bridgehead atoms. The minimum atomic E-state index is -2.13. The quantitative estimate of drug-likeness (QED) is 0.460. The van der Waals surface area contributed by atoms with Crippen molar-refractivity contribution in [2.45, 2.75) is 18.6 Å². The Labute approximate surface area is 91.8 Å². The van der Waals surface area contributed by atoms with Crippen molar-refractivity contribution in [3.8, 4) is 0 Å². The van der Waals surface area contributed by atoms with E-state index in [4.69, 9.17) is 10.6 Å². The third kappa shape index (κ3) is 2.31. The van der Waals surface area contributed by atoms with Crippen molar-refractivity contribution in [1.82, 2.24) is 0 Å². The monoisotopic (exact) mass is 221 g/mol. The molecule has 1 aromatic rings. The van der Waals surface area contributed by atoms with E-state index in [2.05, 4.69) is 10.0 Å². The summed E-state index contributed by atoms with van der Waals surface area (Å²) in [5, 5.41) is 22.0. The molecule has 0 spiro atoms. The Kier molecular flexibility index (Phi) is 3.50. The van der Waals surface area contributed by atoms with Crippen LogP contribution in [0.2, 0.25) is 0 Å². The van der Waals surface area contributed by atoms with E-state index in [1.54, 1.807) is 30.3 Å². The number of aliphatic carboxylic acids is 1. The largest absolute Gasteiger partial charge is 0.479 e. The zero-order chi connectivity index (χ0) is 12.2. The van der Waals surface area contributed by atoms with E-state index in [1.807, 2.05) is 0 Å². The maximum absolute atomic E-state index is 10.9. The van der Waals surface area contributed by atoms with Crippen molar-refractivity contribution in [3.05, 3.63) is 46.3 Å². The standard InChI is InChI=1S/C10H11N3O3/c1-10(16,9(14)15)8(12-13-11)7-5-3-2-4-6-7/h2-6,8,16H,1H3,(H,14,15)/t8-,10-/m0/s1. The van der Waals surface area contributed by atoms with Crippen LogP contribution >= 0.6 is 0 Å². The number of carboxylic acids is 1. The highest BCUT2D eigenvalue weighted by molar-refractivity contribution is 5.78. The summed E-state index contributed by atoms with van der Waals surface area (Å²) < 4.78 is 0. The molecule has 1 aromatic carbocycles. The van der Waals surface area contributed by atoms with E-state index in [0.717, 1.165) is 6.92 Å². The summed E-state index contributed by atoms with van der Waals surface area (Å²) in [5.74, 6) is -1.44. The van der Waals surface area contributed by atoms with Gasteiger partial charge in [0.25, 0.3) is 0 Å². The number of rotatable bonds is 4. The molecule has 2 N–H and O–H groups in total. The molecule has 6 nitrogen and oxygen atoms in total. The summed E-state index contributed by atoms with van der Waals surface area (Å²) in [6, 6.07) is 7.12. The molecular weight excluding hydrogens is 210 g/mol. The molecule has 0 aliphatic rings. The number of hydrogen-bond acceptors (Lipinski definition) is 3. The van der Waals surface area contributed by atoms with Crippen molar-refractivity contribution in [3.63, 3.8) is 0 Å². The van der Waals surface area contributed by atoms with Gasteiger partial charge in [0.05, 0.1) is 0 Å². The minimum Gasteiger partial charge on any atom is -0.479 e. The lowest BCUT2D eigenvalue weighted by atomic mass is 9.91. The van der Waals surface area contributed by atoms with E-state index in [9.17, 15) is 9.90 Å². The van der Waals surface area contributed by atoms with E-state index in [1.165, 1.54) is 0 Å². The van der Waals surface area contributed by atoms with Crippen molar-refractivity contribution in [2.24, 2.45) is 5.11 Å². The summed E-state index contributed by atoms with van der Waals surface area (Å²) in [6.45, 7) is 1.10. The van der Waals surface area contributed by atoms with Crippen LogP contribution in [0.25, 0.3) is 10.4 Å². The summed E-state index contributed by atoms with van der Waals surface area (Å²) in [7, 11) is 0. The van der Waals surface area contributed by atoms with E-state index in [-0.39, 0.29) is 0 Å². The van der Waals surface area contributed by atoms with Gasteiger partial charge in [0.15, 0.2) is 5.60 Å². The third-order valence-electron chi connectivity index (χ3n) is 2.25. The highest BCUT2D eigenvalue weighted by Crippen LogP contribution is 2.30. The Morgan fingerprint density at radius 1 is 1.50 bits per heavy atom. The summed E-state index contributed by atoms with van der Waals surface area (Å²) in [4.78, 5) is 13.4. The minimum absolute atomic E-state index is 0.452. The van der Waals surface area contributed by atoms with Crippen molar-refractivity contribution >= 4 is 5.97 Å². The third-order valence-corrected chi connectivity index (χ3v) is 2.25. The first-order valence-electron chi connectivity index (χ1n) is 4.55. The number of aliphatic hydroxyl groups is 1. The van der Waals surface area contributed by atoms with Crippen LogP contribution in [-0.2, 0) is 4.79 Å². The summed E-state index contributed by atoms with van der Waals surface area (Å²) >= 11 is 0. The number of hydrogen-bond donors (Lipinski definition) is 2. The summed E-state index contributed by atoms with van der Waals surface area (Å²) in [5.41, 5.74) is 6.72. The molecule has 0 aliphatic carbocycles. The second-order valence-electron chi connectivity index (χ2n) is 3.47. The highest BCUT2D eigenvalue weighted by Gasteiger charge is 2.39. The zero-order valence-electron chi connectivity index (χ0n) is 8.61. The van der Waals surface area contributed by atoms with Gasteiger partial charge in [0.2, 0.25) is 0 Å². The molecule has 0 amide bonds. The molecule has 0 unspecified atom stereocenters. The van der Waals surface area contributed by atoms with Gasteiger partial charge in [0, 0.05) is 4.91 Å². The molecule has 0 aliphatic heterocycles. The topological polar surface area (TPSA) is 106 Å². The van der Waals surface area contributed by atoms with Gasteiger partial charge < -0.3 is 10.2 Å². The molecule has 84 valence electrons. The van der Waals surface area contributed by atoms with Crippen LogP contribution in [0.4, 0.5) is 0 Å². The molecule has 0 heterocycles. The first-order valence-corrected chi connectivity index (χ1v) is 4.55. The predicted molar refractivity (Wildman–Crippen MR) is 56.6 cm³/mol. The molecule has 0 saturated carbocycles. The van der Waals surface area contributed by atoms with Crippen LogP contribution in [0.3, 0.4) is 0 Å². The predicted octanol–water partition coefficient (Wildman–Crippen LogP) is 1.87. The fourth-order valence-electron chi connectivity index (χ4n) is 1.31. The van der Waals surface area contributed by atoms with Gasteiger partial charge in [-0.05, 0) is 18.0 Å². The number of azide groups is 1. The molecule has 0 fully saturated rings. The normalized spacial score (nSPS) is 15.6. The smallest absolute Gasteiger partial charge is 0.336 e. The lowest BCUT2D eigenvalue weighted by Gasteiger charge is -2.25. The Bertz CT molecular complexity index is 424. The van der Waals surface area contributed by atoms with Crippen molar-refractivity contribution in [2.75, 3.05) is 0 Å². The number of carbonyl (C=O) groups is 1. The molecular formula is C10H11N3O3. The maximum Gasteiger partial charge on any atom is 0.336 e. The number of carboxylic acid groups (broad SMARTS) is 1. The van der Waals surface area contributed by atoms with Crippen LogP contribution in [0.15, 0.2) is 35.4 Å². The van der Waals surface area contributed by atoms with Crippen molar-refractivity contribution in [1.29, 1.82) is 0 Å². The molecule has 1 rings (SSSR count). The molecule has 16 heavy (non-hydrogen) atoms. The molecule has 0 saturated heterocycles. The fourth-order valence-corrected chi connectivity index (χ4v) is 1.31. The number of nitrogens with zero attached hydrogens (tertiary/aromatic N) is 3. The Morgan fingerprint density at radius 2 is 2.06 bits per heavy atom. The number of benzene rings is 1. The van der Waals surface area contributed by atoms with Gasteiger partial charge in [-0.25, -0.2) is 4.79 Å². The van der Waals surface area contributed by atoms with E-state index in [0.29, 0.717) is 5.56 Å². The average Bonchev–Trinajstić information content (AvgIpc) is 2.26. The van der Waals surface area contributed by atoms with Gasteiger partial charge >= 0.3 is 5.97 Å². The van der Waals surface area contributed by atoms with Crippen LogP contribution in [-0.4, -0.2) is 21.8 Å². The van der Waals surface area contributed by atoms with Gasteiger partial charge in [0.1, 0.15) is 6.04 Å². The summed E-state index contributed by atoms with van der Waals surface area (Å²) in [6.07, 6.45) is 0. The van der Waals surface area contributed by atoms with Crippen molar-refractivity contribution < 1.29 is 15.0 Å². The SMILES string of the molecule is C[C@@](O)(C(=O)O)[C@@H](N=[N+]=[N-])c1ccccc1. The van der Waals surface area contributed by atoms with Crippen LogP contribution in [0.1, 0.15) is 18.5 Å². The van der Waals surface area contributed by atoms with E-state index < -0.39 is 17.6 Å². The van der Waals surface area contributed by atoms with Gasteiger partial charge in [-0.2, -0.15) is 0 Å². The fraction of sp³-hybridized carbons (Fsp3) is 0.300. The van der Waals surface area contributed by atoms with Gasteiger partial charge in [-0.15, -0.1) is 0 Å². The molecule has 0 radical (unpaired) electrons. The molecule has 0 aromatic heterocycles. The Hall–Kier alpha value is -2.04. The second kappa shape index (κ2) is 4.65. The van der Waals surface area contributed by atoms with Gasteiger partial charge in [-0.3, -0.25) is 0 Å². The Morgan fingerprint density at radius 3 is 2.50 bits per heavy atom. The lowest BCUT2D eigenvalue weighted by molar-refractivity contribution is -0.158. The van der Waals surface area contributed by atoms with Crippen LogP contribution in [0.5, 0.6) is 0 Å². The van der Waals surface area contributed by atoms with Gasteiger partial charge in [-0.1, -0.05) is 35.4 Å². The zero-order valence-corrected chi connectivity index (χ0v) is 8.61. The first-order chi connectivity index (χ1) is 7.50. The first kappa shape index (κ1) is 12.0. The molecule has 6 heteroatoms. The highest BCUT2D eigenvalue weighted by atomic mass is 16.4. The van der Waals surface area contributed by atoms with E-state index >= 15 is 0 Å².